The van der Waals surface area contributed by atoms with Crippen LogP contribution in [0.3, 0.4) is 0 Å². The van der Waals surface area contributed by atoms with Gasteiger partial charge in [-0.05, 0) is 48.7 Å². The number of para-hydroxylation sites is 1. The van der Waals surface area contributed by atoms with Crippen molar-refractivity contribution in [3.8, 4) is 11.5 Å². The molecular formula is C22H25NO6S. The van der Waals surface area contributed by atoms with E-state index in [1.165, 1.54) is 29.6 Å². The van der Waals surface area contributed by atoms with E-state index in [2.05, 4.69) is 0 Å². The average molecular weight is 432 g/mol. The van der Waals surface area contributed by atoms with E-state index in [0.717, 1.165) is 11.1 Å². The summed E-state index contributed by atoms with van der Waals surface area (Å²) < 4.78 is 43.4. The number of rotatable bonds is 6. The monoisotopic (exact) mass is 431 g/mol. The van der Waals surface area contributed by atoms with Crippen LogP contribution in [0.1, 0.15) is 16.7 Å². The van der Waals surface area contributed by atoms with Gasteiger partial charge in [-0.25, -0.2) is 13.2 Å². The van der Waals surface area contributed by atoms with Gasteiger partial charge in [-0.1, -0.05) is 24.3 Å². The largest absolute Gasteiger partial charge is 0.495 e. The van der Waals surface area contributed by atoms with Crippen molar-refractivity contribution < 1.29 is 27.4 Å². The number of hydrogen-bond acceptors (Lipinski definition) is 6. The Morgan fingerprint density at radius 2 is 1.77 bits per heavy atom. The van der Waals surface area contributed by atoms with E-state index in [9.17, 15) is 13.2 Å². The molecule has 1 saturated heterocycles. The summed E-state index contributed by atoms with van der Waals surface area (Å²) >= 11 is 0. The lowest BCUT2D eigenvalue weighted by Gasteiger charge is -2.26. The van der Waals surface area contributed by atoms with Gasteiger partial charge in [0.15, 0.2) is 0 Å². The fourth-order valence-corrected chi connectivity index (χ4v) is 4.78. The van der Waals surface area contributed by atoms with Crippen LogP contribution < -0.4 is 9.47 Å². The molecule has 7 nitrogen and oxygen atoms in total. The molecule has 0 bridgehead atoms. The first-order valence-electron chi connectivity index (χ1n) is 9.55. The maximum Gasteiger partial charge on any atom is 0.336 e. The van der Waals surface area contributed by atoms with Crippen LogP contribution in [-0.4, -0.2) is 52.1 Å². The zero-order chi connectivity index (χ0) is 21.7. The third-order valence-corrected chi connectivity index (χ3v) is 6.72. The van der Waals surface area contributed by atoms with Gasteiger partial charge in [0.2, 0.25) is 10.0 Å². The molecule has 0 saturated carbocycles. The molecule has 0 atom stereocenters. The minimum Gasteiger partial charge on any atom is -0.495 e. The molecule has 0 unspecified atom stereocenters. The molecule has 2 aromatic carbocycles. The molecule has 160 valence electrons. The number of carbonyl (C=O) groups is 1. The zero-order valence-corrected chi connectivity index (χ0v) is 18.1. The van der Waals surface area contributed by atoms with Crippen molar-refractivity contribution in [2.45, 2.75) is 18.7 Å². The topological polar surface area (TPSA) is 82.1 Å². The molecular weight excluding hydrogens is 406 g/mol. The summed E-state index contributed by atoms with van der Waals surface area (Å²) in [4.78, 5) is 12.3. The zero-order valence-electron chi connectivity index (χ0n) is 17.3. The number of methoxy groups -OCH3 is 1. The van der Waals surface area contributed by atoms with Crippen LogP contribution in [0, 0.1) is 13.8 Å². The molecule has 0 radical (unpaired) electrons. The second-order valence-corrected chi connectivity index (χ2v) is 8.81. The Labute approximate surface area is 176 Å². The second kappa shape index (κ2) is 9.42. The fourth-order valence-electron chi connectivity index (χ4n) is 3.18. The molecule has 0 N–H and O–H groups in total. The van der Waals surface area contributed by atoms with Gasteiger partial charge in [-0.2, -0.15) is 4.31 Å². The fraction of sp³-hybridized carbons (Fsp3) is 0.318. The summed E-state index contributed by atoms with van der Waals surface area (Å²) in [5, 5.41) is 0. The number of carbonyl (C=O) groups excluding carboxylic acids is 1. The van der Waals surface area contributed by atoms with Crippen molar-refractivity contribution in [1.29, 1.82) is 0 Å². The van der Waals surface area contributed by atoms with E-state index in [1.54, 1.807) is 12.1 Å². The van der Waals surface area contributed by atoms with Crippen molar-refractivity contribution >= 4 is 22.1 Å². The molecule has 1 heterocycles. The smallest absolute Gasteiger partial charge is 0.336 e. The summed E-state index contributed by atoms with van der Waals surface area (Å²) in [5.41, 5.74) is 2.27. The van der Waals surface area contributed by atoms with Crippen molar-refractivity contribution in [2.75, 3.05) is 33.4 Å². The Hall–Kier alpha value is -2.68. The first-order chi connectivity index (χ1) is 14.3. The number of nitrogens with zero attached hydrogens (tertiary/aromatic N) is 1. The van der Waals surface area contributed by atoms with E-state index in [0.29, 0.717) is 24.5 Å². The number of esters is 1. The highest BCUT2D eigenvalue weighted by Crippen LogP contribution is 2.29. The molecule has 1 fully saturated rings. The normalized spacial score (nSPS) is 15.3. The molecule has 8 heteroatoms. The molecule has 0 aromatic heterocycles. The first-order valence-corrected chi connectivity index (χ1v) is 11.0. The van der Waals surface area contributed by atoms with Crippen LogP contribution in [0.25, 0.3) is 6.08 Å². The third kappa shape index (κ3) is 4.89. The van der Waals surface area contributed by atoms with E-state index in [-0.39, 0.29) is 23.7 Å². The molecule has 0 aliphatic carbocycles. The van der Waals surface area contributed by atoms with Crippen LogP contribution in [0.5, 0.6) is 11.5 Å². The Morgan fingerprint density at radius 1 is 1.10 bits per heavy atom. The predicted molar refractivity (Wildman–Crippen MR) is 113 cm³/mol. The molecule has 1 aliphatic heterocycles. The minimum atomic E-state index is -3.75. The van der Waals surface area contributed by atoms with E-state index in [1.807, 2.05) is 32.0 Å². The maximum atomic E-state index is 13.0. The van der Waals surface area contributed by atoms with Crippen molar-refractivity contribution in [2.24, 2.45) is 0 Å². The number of morpholine rings is 1. The van der Waals surface area contributed by atoms with E-state index in [4.69, 9.17) is 14.2 Å². The number of aryl methyl sites for hydroxylation is 2. The molecule has 30 heavy (non-hydrogen) atoms. The van der Waals surface area contributed by atoms with Crippen LogP contribution >= 0.6 is 0 Å². The van der Waals surface area contributed by atoms with E-state index >= 15 is 0 Å². The van der Waals surface area contributed by atoms with Gasteiger partial charge >= 0.3 is 5.97 Å². The lowest BCUT2D eigenvalue weighted by Crippen LogP contribution is -2.40. The van der Waals surface area contributed by atoms with Crippen LogP contribution in [0.15, 0.2) is 47.4 Å². The van der Waals surface area contributed by atoms with Crippen molar-refractivity contribution in [1.82, 2.24) is 4.31 Å². The highest BCUT2D eigenvalue weighted by Gasteiger charge is 2.29. The first kappa shape index (κ1) is 22.0. The Morgan fingerprint density at radius 3 is 2.40 bits per heavy atom. The summed E-state index contributed by atoms with van der Waals surface area (Å²) in [6.45, 7) is 5.01. The summed E-state index contributed by atoms with van der Waals surface area (Å²) in [5.74, 6) is 0.232. The SMILES string of the molecule is COc1ccc(/C=C/C(=O)Oc2c(C)cccc2C)cc1S(=O)(=O)N1CCOCC1. The van der Waals surface area contributed by atoms with Crippen LogP contribution in [0.2, 0.25) is 0 Å². The maximum absolute atomic E-state index is 13.0. The molecule has 3 rings (SSSR count). The molecule has 2 aromatic rings. The van der Waals surface area contributed by atoms with Crippen LogP contribution in [0.4, 0.5) is 0 Å². The lowest BCUT2D eigenvalue weighted by atomic mass is 10.1. The minimum absolute atomic E-state index is 0.0529. The van der Waals surface area contributed by atoms with Gasteiger partial charge in [-0.3, -0.25) is 0 Å². The number of sulfonamides is 1. The summed E-state index contributed by atoms with van der Waals surface area (Å²) in [6, 6.07) is 10.4. The second-order valence-electron chi connectivity index (χ2n) is 6.90. The number of ether oxygens (including phenoxy) is 3. The standard InChI is InChI=1S/C22H25NO6S/c1-16-5-4-6-17(2)22(16)29-21(24)10-8-18-7-9-19(27-3)20(15-18)30(25,26)23-11-13-28-14-12-23/h4-10,15H,11-14H2,1-3H3/b10-8+. The molecule has 1 aliphatic rings. The number of benzene rings is 2. The quantitative estimate of drug-likeness (QED) is 0.397. The van der Waals surface area contributed by atoms with Gasteiger partial charge < -0.3 is 14.2 Å². The lowest BCUT2D eigenvalue weighted by molar-refractivity contribution is -0.129. The highest BCUT2D eigenvalue weighted by molar-refractivity contribution is 7.89. The van der Waals surface area contributed by atoms with Gasteiger partial charge in [0.25, 0.3) is 0 Å². The van der Waals surface area contributed by atoms with Crippen molar-refractivity contribution in [3.63, 3.8) is 0 Å². The van der Waals surface area contributed by atoms with Gasteiger partial charge in [0.05, 0.1) is 20.3 Å². The summed E-state index contributed by atoms with van der Waals surface area (Å²) in [6.07, 6.45) is 2.80. The Kier molecular flexibility index (Phi) is 6.91. The Balaban J connectivity index is 1.83. The predicted octanol–water partition coefficient (Wildman–Crippen LogP) is 2.95. The van der Waals surface area contributed by atoms with Crippen molar-refractivity contribution in [3.05, 3.63) is 59.2 Å². The average Bonchev–Trinajstić information content (AvgIpc) is 2.75. The molecule has 0 spiro atoms. The highest BCUT2D eigenvalue weighted by atomic mass is 32.2. The van der Waals surface area contributed by atoms with Crippen LogP contribution in [-0.2, 0) is 19.6 Å². The van der Waals surface area contributed by atoms with Gasteiger partial charge in [-0.15, -0.1) is 0 Å². The third-order valence-electron chi connectivity index (χ3n) is 4.80. The van der Waals surface area contributed by atoms with Gasteiger partial charge in [0, 0.05) is 19.2 Å². The number of hydrogen-bond donors (Lipinski definition) is 0. The van der Waals surface area contributed by atoms with E-state index < -0.39 is 16.0 Å². The Bertz CT molecular complexity index is 1040. The van der Waals surface area contributed by atoms with Gasteiger partial charge in [0.1, 0.15) is 16.4 Å². The molecule has 0 amide bonds. The summed E-state index contributed by atoms with van der Waals surface area (Å²) in [7, 11) is -2.33.